The molecule has 1 aromatic rings. The molecular weight excluding hydrogens is 302 g/mol. The van der Waals surface area contributed by atoms with E-state index in [1.165, 1.54) is 18.9 Å². The first-order valence-corrected chi connectivity index (χ1v) is 7.61. The van der Waals surface area contributed by atoms with E-state index >= 15 is 0 Å². The molecule has 1 aromatic carbocycles. The Kier molecular flexibility index (Phi) is 7.86. The van der Waals surface area contributed by atoms with Gasteiger partial charge in [0.2, 0.25) is 0 Å². The molecule has 0 aliphatic heterocycles. The Hall–Kier alpha value is -0.780. The number of methoxy groups -OCH3 is 1. The highest BCUT2D eigenvalue weighted by Gasteiger charge is 2.02. The van der Waals surface area contributed by atoms with E-state index in [1.54, 1.807) is 0 Å². The van der Waals surface area contributed by atoms with Crippen LogP contribution in [0.4, 0.5) is 0 Å². The first kappa shape index (κ1) is 16.3. The Labute approximate surface area is 128 Å². The number of halogens is 1. The summed E-state index contributed by atoms with van der Waals surface area (Å²) in [6.07, 6.45) is 1.20. The van der Waals surface area contributed by atoms with Crippen LogP contribution in [0.2, 0.25) is 5.02 Å². The fraction of sp³-hybridized carbons (Fsp3) is 0.385. The highest BCUT2D eigenvalue weighted by Crippen LogP contribution is 2.11. The van der Waals surface area contributed by atoms with Gasteiger partial charge in [-0.3, -0.25) is 4.79 Å². The summed E-state index contributed by atoms with van der Waals surface area (Å²) in [6, 6.07) is 7.62. The maximum Gasteiger partial charge on any atom is 0.305 e. The summed E-state index contributed by atoms with van der Waals surface area (Å²) in [5.41, 5.74) is 1.13. The highest BCUT2D eigenvalue weighted by atomic mass is 35.5. The van der Waals surface area contributed by atoms with E-state index in [9.17, 15) is 4.79 Å². The molecule has 0 spiro atoms. The Bertz CT molecular complexity index is 423. The van der Waals surface area contributed by atoms with E-state index in [0.29, 0.717) is 13.0 Å². The minimum Gasteiger partial charge on any atom is -0.469 e. The third-order valence-corrected chi connectivity index (χ3v) is 3.99. The van der Waals surface area contributed by atoms with E-state index in [1.807, 2.05) is 24.3 Å². The lowest BCUT2D eigenvalue weighted by Gasteiger charge is -2.07. The lowest BCUT2D eigenvalue weighted by molar-refractivity contribution is -0.140. The highest BCUT2D eigenvalue weighted by molar-refractivity contribution is 8.22. The summed E-state index contributed by atoms with van der Waals surface area (Å²) in [5, 5.41) is 3.88. The third kappa shape index (κ3) is 7.40. The van der Waals surface area contributed by atoms with Crippen molar-refractivity contribution in [3.63, 3.8) is 0 Å². The van der Waals surface area contributed by atoms with Crippen LogP contribution in [0.5, 0.6) is 0 Å². The zero-order valence-corrected chi connectivity index (χ0v) is 13.0. The van der Waals surface area contributed by atoms with Crippen molar-refractivity contribution in [3.8, 4) is 0 Å². The van der Waals surface area contributed by atoms with Gasteiger partial charge in [-0.1, -0.05) is 47.7 Å². The Morgan fingerprint density at radius 3 is 2.74 bits per heavy atom. The van der Waals surface area contributed by atoms with Gasteiger partial charge >= 0.3 is 5.97 Å². The number of thioether (sulfide) groups is 1. The van der Waals surface area contributed by atoms with Crippen LogP contribution in [0.25, 0.3) is 0 Å². The van der Waals surface area contributed by atoms with Crippen LogP contribution in [0, 0.1) is 0 Å². The van der Waals surface area contributed by atoms with E-state index in [4.69, 9.17) is 23.8 Å². The van der Waals surface area contributed by atoms with Gasteiger partial charge in [0.1, 0.15) is 4.32 Å². The number of ether oxygens (including phenoxy) is 1. The molecule has 3 nitrogen and oxygen atoms in total. The summed E-state index contributed by atoms with van der Waals surface area (Å²) in [5.74, 6) is 0.627. The zero-order valence-electron chi connectivity index (χ0n) is 10.6. The zero-order chi connectivity index (χ0) is 14.1. The van der Waals surface area contributed by atoms with Crippen LogP contribution in [0.15, 0.2) is 24.3 Å². The average Bonchev–Trinajstić information content (AvgIpc) is 2.42. The topological polar surface area (TPSA) is 38.3 Å². The monoisotopic (exact) mass is 317 g/mol. The molecule has 0 atom stereocenters. The van der Waals surface area contributed by atoms with E-state index in [-0.39, 0.29) is 5.97 Å². The molecular formula is C13H16ClNO2S2. The molecule has 0 saturated heterocycles. The number of carbonyl (C=O) groups is 1. The second kappa shape index (κ2) is 9.18. The van der Waals surface area contributed by atoms with Gasteiger partial charge in [0, 0.05) is 23.7 Å². The molecule has 1 N–H and O–H groups in total. The largest absolute Gasteiger partial charge is 0.469 e. The van der Waals surface area contributed by atoms with Crippen LogP contribution < -0.4 is 5.32 Å². The number of benzene rings is 1. The lowest BCUT2D eigenvalue weighted by atomic mass is 10.2. The van der Waals surface area contributed by atoms with Gasteiger partial charge in [-0.05, 0) is 24.1 Å². The molecule has 0 fully saturated rings. The molecule has 104 valence electrons. The molecule has 0 saturated carbocycles. The normalized spacial score (nSPS) is 10.0. The third-order valence-electron chi connectivity index (χ3n) is 2.34. The lowest BCUT2D eigenvalue weighted by Crippen LogP contribution is -2.18. The molecule has 0 heterocycles. The molecule has 0 amide bonds. The molecule has 6 heteroatoms. The van der Waals surface area contributed by atoms with Crippen LogP contribution in [-0.2, 0) is 16.1 Å². The predicted molar refractivity (Wildman–Crippen MR) is 84.6 cm³/mol. The predicted octanol–water partition coefficient (Wildman–Crippen LogP) is 3.40. The van der Waals surface area contributed by atoms with Crippen molar-refractivity contribution in [2.75, 3.05) is 12.9 Å². The van der Waals surface area contributed by atoms with Crippen molar-refractivity contribution in [2.45, 2.75) is 19.4 Å². The van der Waals surface area contributed by atoms with Crippen molar-refractivity contribution in [2.24, 2.45) is 0 Å². The first-order valence-electron chi connectivity index (χ1n) is 5.83. The first-order chi connectivity index (χ1) is 9.11. The number of carbonyl (C=O) groups excluding carboxylic acids is 1. The van der Waals surface area contributed by atoms with Gasteiger partial charge in [0.05, 0.1) is 7.11 Å². The molecule has 0 radical (unpaired) electrons. The van der Waals surface area contributed by atoms with Crippen LogP contribution in [0.1, 0.15) is 18.4 Å². The number of hydrogen-bond acceptors (Lipinski definition) is 4. The quantitative estimate of drug-likeness (QED) is 0.494. The SMILES string of the molecule is COC(=O)CCCSC(=S)NCc1ccc(Cl)cc1. The maximum atomic E-state index is 10.9. The summed E-state index contributed by atoms with van der Waals surface area (Å²) in [7, 11) is 1.40. The van der Waals surface area contributed by atoms with Crippen LogP contribution >= 0.6 is 35.6 Å². The number of esters is 1. The number of hydrogen-bond donors (Lipinski definition) is 1. The van der Waals surface area contributed by atoms with Crippen molar-refractivity contribution >= 4 is 45.9 Å². The standard InChI is InChI=1S/C13H16ClNO2S2/c1-17-12(16)3-2-8-19-13(18)15-9-10-4-6-11(14)7-5-10/h4-7H,2-3,8-9H2,1H3,(H,15,18). The Morgan fingerprint density at radius 2 is 2.11 bits per heavy atom. The summed E-state index contributed by atoms with van der Waals surface area (Å²) < 4.78 is 5.30. The summed E-state index contributed by atoms with van der Waals surface area (Å²) >= 11 is 12.5. The van der Waals surface area contributed by atoms with Gasteiger partial charge in [0.25, 0.3) is 0 Å². The van der Waals surface area contributed by atoms with Gasteiger partial charge in [-0.15, -0.1) is 0 Å². The summed E-state index contributed by atoms with van der Waals surface area (Å²) in [4.78, 5) is 10.9. The molecule has 0 bridgehead atoms. The van der Waals surface area contributed by atoms with Crippen LogP contribution in [0.3, 0.4) is 0 Å². The second-order valence-corrected chi connectivity index (χ2v) is 6.00. The summed E-state index contributed by atoms with van der Waals surface area (Å²) in [6.45, 7) is 0.681. The molecule has 1 rings (SSSR count). The Balaban J connectivity index is 2.14. The average molecular weight is 318 g/mol. The number of thiocarbonyl (C=S) groups is 1. The second-order valence-electron chi connectivity index (χ2n) is 3.80. The number of rotatable bonds is 6. The van der Waals surface area contributed by atoms with E-state index in [2.05, 4.69) is 10.1 Å². The fourth-order valence-corrected chi connectivity index (χ4v) is 2.41. The van der Waals surface area contributed by atoms with Crippen molar-refractivity contribution in [1.82, 2.24) is 5.32 Å². The Morgan fingerprint density at radius 1 is 1.42 bits per heavy atom. The number of nitrogens with one attached hydrogen (secondary N) is 1. The van der Waals surface area contributed by atoms with Crippen molar-refractivity contribution < 1.29 is 9.53 Å². The van der Waals surface area contributed by atoms with E-state index < -0.39 is 0 Å². The smallest absolute Gasteiger partial charge is 0.305 e. The molecule has 0 aliphatic carbocycles. The van der Waals surface area contributed by atoms with Crippen molar-refractivity contribution in [1.29, 1.82) is 0 Å². The van der Waals surface area contributed by atoms with Crippen molar-refractivity contribution in [3.05, 3.63) is 34.9 Å². The fourth-order valence-electron chi connectivity index (χ4n) is 1.31. The molecule has 0 unspecified atom stereocenters. The molecule has 0 aromatic heterocycles. The van der Waals surface area contributed by atoms with Crippen LogP contribution in [-0.4, -0.2) is 23.2 Å². The molecule has 19 heavy (non-hydrogen) atoms. The molecule has 0 aliphatic rings. The minimum absolute atomic E-state index is 0.180. The van der Waals surface area contributed by atoms with Gasteiger partial charge in [-0.25, -0.2) is 0 Å². The van der Waals surface area contributed by atoms with Gasteiger partial charge in [0.15, 0.2) is 0 Å². The maximum absolute atomic E-state index is 10.9. The minimum atomic E-state index is -0.180. The van der Waals surface area contributed by atoms with Gasteiger partial charge in [-0.2, -0.15) is 0 Å². The van der Waals surface area contributed by atoms with E-state index in [0.717, 1.165) is 27.1 Å². The van der Waals surface area contributed by atoms with Gasteiger partial charge < -0.3 is 10.1 Å².